The molecule has 1 heterocycles. The fraction of sp³-hybridized carbons (Fsp3) is 1.00. The van der Waals surface area contributed by atoms with Gasteiger partial charge in [-0.3, -0.25) is 0 Å². The van der Waals surface area contributed by atoms with Crippen LogP contribution in [0.25, 0.3) is 0 Å². The van der Waals surface area contributed by atoms with Gasteiger partial charge in [0.1, 0.15) is 0 Å². The van der Waals surface area contributed by atoms with Crippen molar-refractivity contribution in [1.82, 2.24) is 5.32 Å². The van der Waals surface area contributed by atoms with E-state index in [4.69, 9.17) is 5.73 Å². The SMILES string of the molecule is CC(C)C(CN)CNC1CCCS(=O)(=O)C1. The number of nitrogens with two attached hydrogens (primary N) is 1. The third-order valence-electron chi connectivity index (χ3n) is 3.38. The Kier molecular flexibility index (Phi) is 5.21. The predicted molar refractivity (Wildman–Crippen MR) is 67.1 cm³/mol. The lowest BCUT2D eigenvalue weighted by Gasteiger charge is -2.26. The molecule has 0 amide bonds. The molecule has 0 bridgehead atoms. The summed E-state index contributed by atoms with van der Waals surface area (Å²) in [6.45, 7) is 5.78. The molecule has 0 spiro atoms. The Balaban J connectivity index is 2.37. The lowest BCUT2D eigenvalue weighted by Crippen LogP contribution is -2.44. The third kappa shape index (κ3) is 4.39. The summed E-state index contributed by atoms with van der Waals surface area (Å²) in [7, 11) is -2.80. The number of hydrogen-bond acceptors (Lipinski definition) is 4. The summed E-state index contributed by atoms with van der Waals surface area (Å²) >= 11 is 0. The number of hydrogen-bond donors (Lipinski definition) is 2. The van der Waals surface area contributed by atoms with E-state index in [0.29, 0.717) is 29.9 Å². The van der Waals surface area contributed by atoms with Crippen molar-refractivity contribution < 1.29 is 8.42 Å². The van der Waals surface area contributed by atoms with E-state index in [2.05, 4.69) is 19.2 Å². The minimum absolute atomic E-state index is 0.131. The highest BCUT2D eigenvalue weighted by Crippen LogP contribution is 2.13. The Morgan fingerprint density at radius 1 is 1.44 bits per heavy atom. The molecule has 0 saturated carbocycles. The van der Waals surface area contributed by atoms with Gasteiger partial charge in [-0.05, 0) is 37.8 Å². The molecular weight excluding hydrogens is 224 g/mol. The predicted octanol–water partition coefficient (Wildman–Crippen LogP) is 0.384. The van der Waals surface area contributed by atoms with Crippen molar-refractivity contribution in [2.45, 2.75) is 32.7 Å². The second kappa shape index (κ2) is 5.98. The van der Waals surface area contributed by atoms with Gasteiger partial charge in [-0.2, -0.15) is 0 Å². The molecule has 96 valence electrons. The van der Waals surface area contributed by atoms with Crippen LogP contribution in [0.3, 0.4) is 0 Å². The van der Waals surface area contributed by atoms with E-state index in [1.165, 1.54) is 0 Å². The molecule has 1 rings (SSSR count). The van der Waals surface area contributed by atoms with Crippen molar-refractivity contribution in [3.63, 3.8) is 0 Å². The first-order chi connectivity index (χ1) is 7.44. The molecule has 0 radical (unpaired) electrons. The zero-order valence-electron chi connectivity index (χ0n) is 10.3. The molecule has 0 aromatic heterocycles. The van der Waals surface area contributed by atoms with Crippen molar-refractivity contribution >= 4 is 9.84 Å². The second-order valence-corrected chi connectivity index (χ2v) is 7.33. The van der Waals surface area contributed by atoms with Crippen LogP contribution in [0.2, 0.25) is 0 Å². The van der Waals surface area contributed by atoms with Gasteiger partial charge in [0.05, 0.1) is 11.5 Å². The van der Waals surface area contributed by atoms with Crippen LogP contribution in [-0.4, -0.2) is 39.1 Å². The highest BCUT2D eigenvalue weighted by molar-refractivity contribution is 7.91. The minimum atomic E-state index is -2.80. The van der Waals surface area contributed by atoms with E-state index in [9.17, 15) is 8.42 Å². The van der Waals surface area contributed by atoms with Crippen LogP contribution in [0.4, 0.5) is 0 Å². The Hall–Kier alpha value is -0.130. The van der Waals surface area contributed by atoms with Gasteiger partial charge in [0.2, 0.25) is 0 Å². The standard InChI is InChI=1S/C11H24N2O2S/c1-9(2)10(6-12)7-13-11-4-3-5-16(14,15)8-11/h9-11,13H,3-8,12H2,1-2H3. The fourth-order valence-corrected chi connectivity index (χ4v) is 3.76. The zero-order valence-corrected chi connectivity index (χ0v) is 11.1. The zero-order chi connectivity index (χ0) is 12.2. The molecule has 1 aliphatic rings. The topological polar surface area (TPSA) is 72.2 Å². The van der Waals surface area contributed by atoms with Crippen molar-refractivity contribution in [1.29, 1.82) is 0 Å². The minimum Gasteiger partial charge on any atom is -0.330 e. The number of sulfone groups is 1. The third-order valence-corrected chi connectivity index (χ3v) is 5.20. The van der Waals surface area contributed by atoms with Gasteiger partial charge in [-0.1, -0.05) is 13.8 Å². The Morgan fingerprint density at radius 3 is 2.62 bits per heavy atom. The van der Waals surface area contributed by atoms with Crippen molar-refractivity contribution in [3.05, 3.63) is 0 Å². The summed E-state index contributed by atoms with van der Waals surface area (Å²) in [5.41, 5.74) is 5.68. The number of nitrogens with one attached hydrogen (secondary N) is 1. The molecule has 3 N–H and O–H groups in total. The van der Waals surface area contributed by atoms with Crippen LogP contribution in [0, 0.1) is 11.8 Å². The van der Waals surface area contributed by atoms with E-state index < -0.39 is 9.84 Å². The highest BCUT2D eigenvalue weighted by Gasteiger charge is 2.25. The molecule has 16 heavy (non-hydrogen) atoms. The fourth-order valence-electron chi connectivity index (χ4n) is 2.09. The first kappa shape index (κ1) is 13.9. The van der Waals surface area contributed by atoms with E-state index >= 15 is 0 Å². The van der Waals surface area contributed by atoms with Crippen molar-refractivity contribution in [2.75, 3.05) is 24.6 Å². The highest BCUT2D eigenvalue weighted by atomic mass is 32.2. The van der Waals surface area contributed by atoms with Crippen molar-refractivity contribution in [2.24, 2.45) is 17.6 Å². The smallest absolute Gasteiger partial charge is 0.151 e. The second-order valence-electron chi connectivity index (χ2n) is 5.10. The van der Waals surface area contributed by atoms with Gasteiger partial charge in [0, 0.05) is 6.04 Å². The maximum absolute atomic E-state index is 11.4. The molecule has 0 aliphatic carbocycles. The monoisotopic (exact) mass is 248 g/mol. The van der Waals surface area contributed by atoms with E-state index in [1.54, 1.807) is 0 Å². The average Bonchev–Trinajstić information content (AvgIpc) is 2.16. The lowest BCUT2D eigenvalue weighted by atomic mass is 9.95. The maximum atomic E-state index is 11.4. The van der Waals surface area contributed by atoms with Crippen LogP contribution in [-0.2, 0) is 9.84 Å². The van der Waals surface area contributed by atoms with Crippen LogP contribution < -0.4 is 11.1 Å². The summed E-state index contributed by atoms with van der Waals surface area (Å²) in [5.74, 6) is 1.63. The van der Waals surface area contributed by atoms with Gasteiger partial charge in [0.15, 0.2) is 9.84 Å². The van der Waals surface area contributed by atoms with Crippen LogP contribution >= 0.6 is 0 Å². The van der Waals surface area contributed by atoms with Crippen LogP contribution in [0.15, 0.2) is 0 Å². The van der Waals surface area contributed by atoms with Crippen LogP contribution in [0.1, 0.15) is 26.7 Å². The molecule has 5 heteroatoms. The molecule has 1 fully saturated rings. The normalized spacial score (nSPS) is 26.9. The quantitative estimate of drug-likeness (QED) is 0.738. The number of rotatable bonds is 5. The average molecular weight is 248 g/mol. The first-order valence-electron chi connectivity index (χ1n) is 6.08. The Morgan fingerprint density at radius 2 is 2.12 bits per heavy atom. The van der Waals surface area contributed by atoms with E-state index in [-0.39, 0.29) is 6.04 Å². The summed E-state index contributed by atoms with van der Waals surface area (Å²) in [4.78, 5) is 0. The Labute approximate surface area is 98.9 Å². The molecule has 0 aromatic carbocycles. The van der Waals surface area contributed by atoms with Gasteiger partial charge < -0.3 is 11.1 Å². The maximum Gasteiger partial charge on any atom is 0.151 e. The largest absolute Gasteiger partial charge is 0.330 e. The van der Waals surface area contributed by atoms with Gasteiger partial charge in [0.25, 0.3) is 0 Å². The molecule has 1 saturated heterocycles. The van der Waals surface area contributed by atoms with Crippen molar-refractivity contribution in [3.8, 4) is 0 Å². The summed E-state index contributed by atoms with van der Waals surface area (Å²) in [6.07, 6.45) is 1.75. The summed E-state index contributed by atoms with van der Waals surface area (Å²) < 4.78 is 22.9. The van der Waals surface area contributed by atoms with E-state index in [1.807, 2.05) is 0 Å². The first-order valence-corrected chi connectivity index (χ1v) is 7.90. The molecule has 4 nitrogen and oxygen atoms in total. The molecule has 2 atom stereocenters. The van der Waals surface area contributed by atoms with Gasteiger partial charge >= 0.3 is 0 Å². The Bertz CT molecular complexity index is 301. The molecule has 0 aromatic rings. The molecule has 2 unspecified atom stereocenters. The summed E-state index contributed by atoms with van der Waals surface area (Å²) in [5, 5.41) is 3.35. The van der Waals surface area contributed by atoms with Gasteiger partial charge in [-0.25, -0.2) is 8.42 Å². The van der Waals surface area contributed by atoms with Gasteiger partial charge in [-0.15, -0.1) is 0 Å². The van der Waals surface area contributed by atoms with Crippen LogP contribution in [0.5, 0.6) is 0 Å². The van der Waals surface area contributed by atoms with E-state index in [0.717, 1.165) is 19.4 Å². The summed E-state index contributed by atoms with van der Waals surface area (Å²) in [6, 6.07) is 0.131. The lowest BCUT2D eigenvalue weighted by molar-refractivity contribution is 0.347. The molecular formula is C11H24N2O2S. The molecule has 1 aliphatic heterocycles.